The highest BCUT2D eigenvalue weighted by molar-refractivity contribution is 5.44. The molecule has 2 aromatic heterocycles. The third-order valence-corrected chi connectivity index (χ3v) is 4.21. The van der Waals surface area contributed by atoms with E-state index >= 15 is 0 Å². The van der Waals surface area contributed by atoms with Crippen molar-refractivity contribution in [3.05, 3.63) is 54.6 Å². The van der Waals surface area contributed by atoms with E-state index in [-0.39, 0.29) is 0 Å². The van der Waals surface area contributed by atoms with Crippen LogP contribution in [-0.4, -0.2) is 29.1 Å². The fourth-order valence-corrected chi connectivity index (χ4v) is 2.96. The van der Waals surface area contributed by atoms with Gasteiger partial charge in [-0.1, -0.05) is 0 Å². The Hall–Kier alpha value is -1.94. The first-order valence-corrected chi connectivity index (χ1v) is 7.64. The van der Waals surface area contributed by atoms with Gasteiger partial charge in [-0.3, -0.25) is 9.97 Å². The maximum absolute atomic E-state index is 4.08. The summed E-state index contributed by atoms with van der Waals surface area (Å²) in [5.41, 5.74) is 2.59. The maximum Gasteiger partial charge on any atom is 0.0397 e. The maximum atomic E-state index is 4.08. The third-order valence-electron chi connectivity index (χ3n) is 4.21. The van der Waals surface area contributed by atoms with Crippen LogP contribution in [0.3, 0.4) is 0 Å². The van der Waals surface area contributed by atoms with Gasteiger partial charge in [0.25, 0.3) is 0 Å². The summed E-state index contributed by atoms with van der Waals surface area (Å²) in [6.07, 6.45) is 9.81. The molecular formula is C17H22N4. The van der Waals surface area contributed by atoms with E-state index in [2.05, 4.69) is 51.4 Å². The summed E-state index contributed by atoms with van der Waals surface area (Å²) >= 11 is 0. The summed E-state index contributed by atoms with van der Waals surface area (Å²) in [4.78, 5) is 10.6. The number of aromatic nitrogens is 2. The molecule has 1 N–H and O–H groups in total. The van der Waals surface area contributed by atoms with Gasteiger partial charge >= 0.3 is 0 Å². The van der Waals surface area contributed by atoms with E-state index in [0.29, 0.717) is 12.1 Å². The number of hydrogen-bond donors (Lipinski definition) is 1. The van der Waals surface area contributed by atoms with Gasteiger partial charge in [-0.2, -0.15) is 0 Å². The topological polar surface area (TPSA) is 41.0 Å². The Morgan fingerprint density at radius 1 is 1.00 bits per heavy atom. The Bertz CT molecular complexity index is 535. The molecule has 0 aromatic carbocycles. The van der Waals surface area contributed by atoms with Crippen molar-refractivity contribution in [3.8, 4) is 0 Å². The van der Waals surface area contributed by atoms with E-state index in [9.17, 15) is 0 Å². The minimum absolute atomic E-state index is 0.380. The van der Waals surface area contributed by atoms with Crippen molar-refractivity contribution < 1.29 is 0 Å². The molecule has 0 unspecified atom stereocenters. The minimum atomic E-state index is 0.380. The number of nitrogens with zero attached hydrogens (tertiary/aromatic N) is 3. The predicted molar refractivity (Wildman–Crippen MR) is 85.3 cm³/mol. The Kier molecular flexibility index (Phi) is 4.46. The molecule has 4 heteroatoms. The smallest absolute Gasteiger partial charge is 0.0397 e. The van der Waals surface area contributed by atoms with Crippen molar-refractivity contribution in [2.75, 3.05) is 18.0 Å². The van der Waals surface area contributed by atoms with Gasteiger partial charge in [0.1, 0.15) is 0 Å². The molecule has 0 saturated carbocycles. The molecule has 110 valence electrons. The monoisotopic (exact) mass is 282 g/mol. The lowest BCUT2D eigenvalue weighted by molar-refractivity contribution is 0.381. The second-order valence-electron chi connectivity index (χ2n) is 5.64. The molecule has 0 amide bonds. The van der Waals surface area contributed by atoms with Gasteiger partial charge in [-0.25, -0.2) is 0 Å². The van der Waals surface area contributed by atoms with Gasteiger partial charge in [0.05, 0.1) is 0 Å². The molecule has 1 atom stereocenters. The van der Waals surface area contributed by atoms with E-state index in [1.54, 1.807) is 0 Å². The number of hydrogen-bond acceptors (Lipinski definition) is 4. The van der Waals surface area contributed by atoms with Crippen molar-refractivity contribution in [2.45, 2.75) is 31.8 Å². The molecule has 0 radical (unpaired) electrons. The van der Waals surface area contributed by atoms with E-state index in [0.717, 1.165) is 13.1 Å². The molecule has 1 aliphatic heterocycles. The van der Waals surface area contributed by atoms with Gasteiger partial charge < -0.3 is 10.2 Å². The standard InChI is InChI=1S/C17H22N4/c1-14(15-2-8-18-9-3-15)20-16-6-12-21(13-7-16)17-4-10-19-11-5-17/h2-5,8-11,14,16,20H,6-7,12-13H2,1H3/t14-/m0/s1. The van der Waals surface area contributed by atoms with Crippen molar-refractivity contribution in [3.63, 3.8) is 0 Å². The van der Waals surface area contributed by atoms with Crippen LogP contribution in [0.5, 0.6) is 0 Å². The summed E-state index contributed by atoms with van der Waals surface area (Å²) < 4.78 is 0. The van der Waals surface area contributed by atoms with Gasteiger partial charge in [0, 0.05) is 55.6 Å². The molecule has 0 bridgehead atoms. The molecule has 1 fully saturated rings. The Balaban J connectivity index is 1.52. The predicted octanol–water partition coefficient (Wildman–Crippen LogP) is 2.80. The molecule has 4 nitrogen and oxygen atoms in total. The molecular weight excluding hydrogens is 260 g/mol. The normalized spacial score (nSPS) is 17.7. The zero-order valence-corrected chi connectivity index (χ0v) is 12.4. The summed E-state index contributed by atoms with van der Waals surface area (Å²) in [5.74, 6) is 0. The number of piperidine rings is 1. The molecule has 0 spiro atoms. The largest absolute Gasteiger partial charge is 0.371 e. The molecule has 3 rings (SSSR count). The SMILES string of the molecule is C[C@H](NC1CCN(c2ccncc2)CC1)c1ccncc1. The lowest BCUT2D eigenvalue weighted by Crippen LogP contribution is -2.43. The van der Waals surface area contributed by atoms with Gasteiger partial charge in [0.15, 0.2) is 0 Å². The van der Waals surface area contributed by atoms with Crippen molar-refractivity contribution in [1.82, 2.24) is 15.3 Å². The summed E-state index contributed by atoms with van der Waals surface area (Å²) in [6, 6.07) is 9.32. The third kappa shape index (κ3) is 3.58. The van der Waals surface area contributed by atoms with Crippen LogP contribution in [0.15, 0.2) is 49.1 Å². The molecule has 0 aliphatic carbocycles. The van der Waals surface area contributed by atoms with E-state index < -0.39 is 0 Å². The highest BCUT2D eigenvalue weighted by atomic mass is 15.1. The van der Waals surface area contributed by atoms with Crippen molar-refractivity contribution >= 4 is 5.69 Å². The molecule has 1 aliphatic rings. The Morgan fingerprint density at radius 3 is 2.19 bits per heavy atom. The van der Waals surface area contributed by atoms with Gasteiger partial charge in [0.2, 0.25) is 0 Å². The fourth-order valence-electron chi connectivity index (χ4n) is 2.96. The molecule has 3 heterocycles. The van der Waals surface area contributed by atoms with Crippen LogP contribution >= 0.6 is 0 Å². The Morgan fingerprint density at radius 2 is 1.57 bits per heavy atom. The average Bonchev–Trinajstić information content (AvgIpc) is 2.57. The lowest BCUT2D eigenvalue weighted by atomic mass is 10.0. The number of rotatable bonds is 4. The second kappa shape index (κ2) is 6.68. The number of pyridine rings is 2. The molecule has 2 aromatic rings. The van der Waals surface area contributed by atoms with Gasteiger partial charge in [-0.05, 0) is 49.6 Å². The molecule has 1 saturated heterocycles. The summed E-state index contributed by atoms with van der Waals surface area (Å²) in [5, 5.41) is 3.74. The number of anilines is 1. The minimum Gasteiger partial charge on any atom is -0.371 e. The first-order chi connectivity index (χ1) is 10.3. The first-order valence-electron chi connectivity index (χ1n) is 7.64. The van der Waals surface area contributed by atoms with Crippen LogP contribution in [0.4, 0.5) is 5.69 Å². The van der Waals surface area contributed by atoms with E-state index in [1.165, 1.54) is 24.1 Å². The summed E-state index contributed by atoms with van der Waals surface area (Å²) in [6.45, 7) is 4.43. The fraction of sp³-hybridized carbons (Fsp3) is 0.412. The highest BCUT2D eigenvalue weighted by Gasteiger charge is 2.20. The second-order valence-corrected chi connectivity index (χ2v) is 5.64. The highest BCUT2D eigenvalue weighted by Crippen LogP contribution is 2.21. The van der Waals surface area contributed by atoms with Crippen LogP contribution in [0, 0.1) is 0 Å². The quantitative estimate of drug-likeness (QED) is 0.936. The van der Waals surface area contributed by atoms with E-state index in [1.807, 2.05) is 24.8 Å². The van der Waals surface area contributed by atoms with Crippen LogP contribution in [-0.2, 0) is 0 Å². The zero-order chi connectivity index (χ0) is 14.5. The van der Waals surface area contributed by atoms with Crippen LogP contribution in [0.1, 0.15) is 31.4 Å². The van der Waals surface area contributed by atoms with E-state index in [4.69, 9.17) is 0 Å². The van der Waals surface area contributed by atoms with Crippen molar-refractivity contribution in [2.24, 2.45) is 0 Å². The van der Waals surface area contributed by atoms with Crippen LogP contribution in [0.2, 0.25) is 0 Å². The Labute approximate surface area is 126 Å². The number of nitrogens with one attached hydrogen (secondary N) is 1. The molecule has 21 heavy (non-hydrogen) atoms. The van der Waals surface area contributed by atoms with Gasteiger partial charge in [-0.15, -0.1) is 0 Å². The first kappa shape index (κ1) is 14.0. The average molecular weight is 282 g/mol. The lowest BCUT2D eigenvalue weighted by Gasteiger charge is -2.35. The zero-order valence-electron chi connectivity index (χ0n) is 12.4. The summed E-state index contributed by atoms with van der Waals surface area (Å²) in [7, 11) is 0. The van der Waals surface area contributed by atoms with Crippen LogP contribution < -0.4 is 10.2 Å². The van der Waals surface area contributed by atoms with Crippen LogP contribution in [0.25, 0.3) is 0 Å². The van der Waals surface area contributed by atoms with Crippen molar-refractivity contribution in [1.29, 1.82) is 0 Å².